The summed E-state index contributed by atoms with van der Waals surface area (Å²) in [4.78, 5) is 17.5. The second kappa shape index (κ2) is 8.42. The molecule has 0 saturated heterocycles. The fraction of sp³-hybridized carbons (Fsp3) is 0.280. The van der Waals surface area contributed by atoms with Crippen molar-refractivity contribution < 1.29 is 4.79 Å². The standard InChI is InChI=1S/C25H28N6O/c1-17-13-18(2)30(28-17)16-19-9-8-10-20(14-19)24(32)27-23-15-21(25(3,4)5)29-31(23)22-11-6-7-12-26-22/h6-15H,16H2,1-5H3,(H,27,32). The van der Waals surface area contributed by atoms with E-state index in [2.05, 4.69) is 36.2 Å². The van der Waals surface area contributed by atoms with Crippen LogP contribution in [0.4, 0.5) is 5.82 Å². The highest BCUT2D eigenvalue weighted by Gasteiger charge is 2.22. The van der Waals surface area contributed by atoms with Crippen LogP contribution in [0.15, 0.2) is 60.8 Å². The number of aromatic nitrogens is 5. The highest BCUT2D eigenvalue weighted by molar-refractivity contribution is 6.04. The molecule has 0 unspecified atom stereocenters. The summed E-state index contributed by atoms with van der Waals surface area (Å²) in [5.41, 5.74) is 4.36. The van der Waals surface area contributed by atoms with E-state index >= 15 is 0 Å². The third-order valence-corrected chi connectivity index (χ3v) is 5.21. The molecule has 0 fully saturated rings. The number of nitrogens with one attached hydrogen (secondary N) is 1. The van der Waals surface area contributed by atoms with Crippen molar-refractivity contribution in [3.8, 4) is 5.82 Å². The minimum absolute atomic E-state index is 0.167. The Morgan fingerprint density at radius 1 is 1.00 bits per heavy atom. The van der Waals surface area contributed by atoms with Crippen molar-refractivity contribution in [3.63, 3.8) is 0 Å². The molecule has 1 amide bonds. The van der Waals surface area contributed by atoms with Gasteiger partial charge >= 0.3 is 0 Å². The van der Waals surface area contributed by atoms with Crippen LogP contribution < -0.4 is 5.32 Å². The zero-order valence-electron chi connectivity index (χ0n) is 19.1. The van der Waals surface area contributed by atoms with Crippen LogP contribution in [0.25, 0.3) is 5.82 Å². The van der Waals surface area contributed by atoms with Crippen molar-refractivity contribution >= 4 is 11.7 Å². The molecule has 3 heterocycles. The molecule has 3 aromatic heterocycles. The number of hydrogen-bond acceptors (Lipinski definition) is 4. The molecule has 7 heteroatoms. The molecule has 0 saturated carbocycles. The van der Waals surface area contributed by atoms with E-state index in [4.69, 9.17) is 5.10 Å². The summed E-state index contributed by atoms with van der Waals surface area (Å²) in [5.74, 6) is 1.04. The number of anilines is 1. The number of amides is 1. The van der Waals surface area contributed by atoms with Gasteiger partial charge in [-0.2, -0.15) is 14.9 Å². The molecule has 0 aliphatic rings. The van der Waals surface area contributed by atoms with Gasteiger partial charge in [-0.15, -0.1) is 0 Å². The highest BCUT2D eigenvalue weighted by atomic mass is 16.1. The quantitative estimate of drug-likeness (QED) is 0.501. The van der Waals surface area contributed by atoms with E-state index in [-0.39, 0.29) is 11.3 Å². The van der Waals surface area contributed by atoms with E-state index < -0.39 is 0 Å². The molecular formula is C25H28N6O. The van der Waals surface area contributed by atoms with E-state index in [1.165, 1.54) is 0 Å². The van der Waals surface area contributed by atoms with Crippen LogP contribution >= 0.6 is 0 Å². The Morgan fingerprint density at radius 3 is 2.47 bits per heavy atom. The number of carbonyl (C=O) groups is 1. The number of hydrogen-bond donors (Lipinski definition) is 1. The largest absolute Gasteiger partial charge is 0.306 e. The average Bonchev–Trinajstić information content (AvgIpc) is 3.31. The number of aryl methyl sites for hydroxylation is 2. The molecule has 4 rings (SSSR count). The zero-order chi connectivity index (χ0) is 22.9. The van der Waals surface area contributed by atoms with Crippen molar-refractivity contribution in [2.75, 3.05) is 5.32 Å². The maximum absolute atomic E-state index is 13.1. The minimum atomic E-state index is -0.197. The van der Waals surface area contributed by atoms with Crippen LogP contribution in [0.2, 0.25) is 0 Å². The van der Waals surface area contributed by atoms with Gasteiger partial charge in [-0.05, 0) is 49.7 Å². The topological polar surface area (TPSA) is 77.6 Å². The molecule has 0 spiro atoms. The van der Waals surface area contributed by atoms with Gasteiger partial charge in [-0.3, -0.25) is 9.48 Å². The molecule has 164 valence electrons. The smallest absolute Gasteiger partial charge is 0.256 e. The number of nitrogens with zero attached hydrogens (tertiary/aromatic N) is 5. The first-order valence-corrected chi connectivity index (χ1v) is 10.6. The summed E-state index contributed by atoms with van der Waals surface area (Å²) in [6, 6.07) is 17.2. The Hall–Kier alpha value is -3.74. The molecule has 4 aromatic rings. The molecular weight excluding hydrogens is 400 g/mol. The van der Waals surface area contributed by atoms with Crippen molar-refractivity contribution in [3.05, 3.63) is 89.0 Å². The van der Waals surface area contributed by atoms with Gasteiger partial charge in [-0.25, -0.2) is 4.98 Å². The zero-order valence-corrected chi connectivity index (χ0v) is 19.1. The lowest BCUT2D eigenvalue weighted by molar-refractivity contribution is 0.102. The third-order valence-electron chi connectivity index (χ3n) is 5.21. The minimum Gasteiger partial charge on any atom is -0.306 e. The van der Waals surface area contributed by atoms with Crippen LogP contribution in [-0.4, -0.2) is 30.5 Å². The van der Waals surface area contributed by atoms with Gasteiger partial charge in [0.05, 0.1) is 17.9 Å². The Bertz CT molecular complexity index is 1250. The van der Waals surface area contributed by atoms with Gasteiger partial charge < -0.3 is 5.32 Å². The monoisotopic (exact) mass is 428 g/mol. The van der Waals surface area contributed by atoms with Gasteiger partial charge in [0.2, 0.25) is 0 Å². The normalized spacial score (nSPS) is 11.5. The maximum Gasteiger partial charge on any atom is 0.256 e. The van der Waals surface area contributed by atoms with Gasteiger partial charge in [0.25, 0.3) is 5.91 Å². The second-order valence-electron chi connectivity index (χ2n) is 9.00. The third kappa shape index (κ3) is 4.61. The summed E-state index contributed by atoms with van der Waals surface area (Å²) in [7, 11) is 0. The number of carbonyl (C=O) groups excluding carboxylic acids is 1. The highest BCUT2D eigenvalue weighted by Crippen LogP contribution is 2.26. The Labute approximate surface area is 188 Å². The Kier molecular flexibility index (Phi) is 5.65. The number of rotatable bonds is 5. The van der Waals surface area contributed by atoms with E-state index in [1.807, 2.05) is 73.1 Å². The molecule has 1 N–H and O–H groups in total. The average molecular weight is 429 g/mol. The lowest BCUT2D eigenvalue weighted by atomic mass is 9.92. The molecule has 7 nitrogen and oxygen atoms in total. The van der Waals surface area contributed by atoms with E-state index in [1.54, 1.807) is 10.9 Å². The summed E-state index contributed by atoms with van der Waals surface area (Å²) in [6.45, 7) is 10.9. The first kappa shape index (κ1) is 21.5. The number of pyridine rings is 1. The summed E-state index contributed by atoms with van der Waals surface area (Å²) in [6.07, 6.45) is 1.71. The predicted molar refractivity (Wildman–Crippen MR) is 125 cm³/mol. The summed E-state index contributed by atoms with van der Waals surface area (Å²) < 4.78 is 3.62. The lowest BCUT2D eigenvalue weighted by Crippen LogP contribution is -2.16. The van der Waals surface area contributed by atoms with Gasteiger partial charge in [-0.1, -0.05) is 39.0 Å². The SMILES string of the molecule is Cc1cc(C)n(Cc2cccc(C(=O)Nc3cc(C(C)(C)C)nn3-c3ccccn3)c2)n1. The second-order valence-corrected chi connectivity index (χ2v) is 9.00. The summed E-state index contributed by atoms with van der Waals surface area (Å²) >= 11 is 0. The van der Waals surface area contributed by atoms with Gasteiger partial charge in [0, 0.05) is 28.9 Å². The molecule has 32 heavy (non-hydrogen) atoms. The fourth-order valence-corrected chi connectivity index (χ4v) is 3.50. The lowest BCUT2D eigenvalue weighted by Gasteiger charge is -2.13. The van der Waals surface area contributed by atoms with Crippen LogP contribution in [-0.2, 0) is 12.0 Å². The molecule has 0 aliphatic heterocycles. The predicted octanol–water partition coefficient (Wildman–Crippen LogP) is 4.68. The van der Waals surface area contributed by atoms with Crippen molar-refractivity contribution in [2.45, 2.75) is 46.6 Å². The fourth-order valence-electron chi connectivity index (χ4n) is 3.50. The number of benzene rings is 1. The maximum atomic E-state index is 13.1. The van der Waals surface area contributed by atoms with Crippen molar-refractivity contribution in [1.29, 1.82) is 0 Å². The summed E-state index contributed by atoms with van der Waals surface area (Å²) in [5, 5.41) is 12.3. The van der Waals surface area contributed by atoms with Crippen LogP contribution in [0, 0.1) is 13.8 Å². The molecule has 0 aliphatic carbocycles. The molecule has 1 aromatic carbocycles. The van der Waals surface area contributed by atoms with E-state index in [9.17, 15) is 4.79 Å². The van der Waals surface area contributed by atoms with Crippen molar-refractivity contribution in [2.24, 2.45) is 0 Å². The Morgan fingerprint density at radius 2 is 1.81 bits per heavy atom. The van der Waals surface area contributed by atoms with Crippen molar-refractivity contribution in [1.82, 2.24) is 24.5 Å². The van der Waals surface area contributed by atoms with Gasteiger partial charge in [0.15, 0.2) is 5.82 Å². The Balaban J connectivity index is 1.61. The first-order valence-electron chi connectivity index (χ1n) is 10.6. The molecule has 0 radical (unpaired) electrons. The van der Waals surface area contributed by atoms with Crippen LogP contribution in [0.5, 0.6) is 0 Å². The first-order chi connectivity index (χ1) is 15.2. The van der Waals surface area contributed by atoms with Crippen LogP contribution in [0.1, 0.15) is 53.8 Å². The molecule has 0 atom stereocenters. The van der Waals surface area contributed by atoms with Gasteiger partial charge in [0.1, 0.15) is 5.82 Å². The van der Waals surface area contributed by atoms with E-state index in [0.717, 1.165) is 22.6 Å². The molecule has 0 bridgehead atoms. The van der Waals surface area contributed by atoms with Crippen LogP contribution in [0.3, 0.4) is 0 Å². The van der Waals surface area contributed by atoms with E-state index in [0.29, 0.717) is 23.7 Å².